The fourth-order valence-electron chi connectivity index (χ4n) is 2.23. The monoisotopic (exact) mass is 273 g/mol. The number of rotatable bonds is 2. The van der Waals surface area contributed by atoms with Crippen LogP contribution in [0.5, 0.6) is 5.75 Å². The van der Waals surface area contributed by atoms with Gasteiger partial charge in [0.25, 0.3) is 0 Å². The van der Waals surface area contributed by atoms with Crippen molar-refractivity contribution in [1.29, 1.82) is 0 Å². The lowest BCUT2D eigenvalue weighted by atomic mass is 10.1. The summed E-state index contributed by atoms with van der Waals surface area (Å²) in [4.78, 5) is 0. The Bertz CT molecular complexity index is 544. The molecule has 1 aliphatic rings. The Kier molecular flexibility index (Phi) is 3.59. The first-order chi connectivity index (χ1) is 8.41. The summed E-state index contributed by atoms with van der Waals surface area (Å²) in [7, 11) is -1.68. The van der Waals surface area contributed by atoms with Crippen LogP contribution in [0, 0.1) is 5.82 Å². The molecule has 1 fully saturated rings. The third-order valence-corrected chi connectivity index (χ3v) is 4.84. The molecule has 18 heavy (non-hydrogen) atoms. The van der Waals surface area contributed by atoms with E-state index in [2.05, 4.69) is 5.32 Å². The summed E-state index contributed by atoms with van der Waals surface area (Å²) < 4.78 is 41.8. The molecule has 2 atom stereocenters. The number of sulfone groups is 1. The summed E-state index contributed by atoms with van der Waals surface area (Å²) in [6.07, 6.45) is 0. The lowest BCUT2D eigenvalue weighted by Crippen LogP contribution is -2.45. The van der Waals surface area contributed by atoms with Crippen molar-refractivity contribution in [2.45, 2.75) is 19.0 Å². The molecule has 0 bridgehead atoms. The average Bonchev–Trinajstić information content (AvgIpc) is 2.26. The molecule has 100 valence electrons. The van der Waals surface area contributed by atoms with Crippen molar-refractivity contribution in [2.24, 2.45) is 0 Å². The first-order valence-electron chi connectivity index (χ1n) is 5.71. The SMILES string of the molecule is COc1ccc(C2CS(=O)(=O)CC(C)N2)cc1F. The Morgan fingerprint density at radius 1 is 1.39 bits per heavy atom. The van der Waals surface area contributed by atoms with Crippen LogP contribution in [0.3, 0.4) is 0 Å². The molecule has 1 saturated heterocycles. The molecule has 1 aromatic rings. The van der Waals surface area contributed by atoms with Gasteiger partial charge in [0.2, 0.25) is 0 Å². The van der Waals surface area contributed by atoms with Gasteiger partial charge in [-0.2, -0.15) is 0 Å². The van der Waals surface area contributed by atoms with Crippen LogP contribution < -0.4 is 10.1 Å². The van der Waals surface area contributed by atoms with E-state index in [4.69, 9.17) is 4.74 Å². The van der Waals surface area contributed by atoms with Crippen molar-refractivity contribution >= 4 is 9.84 Å². The molecule has 4 nitrogen and oxygen atoms in total. The Morgan fingerprint density at radius 3 is 2.67 bits per heavy atom. The number of methoxy groups -OCH3 is 1. The number of benzene rings is 1. The standard InChI is InChI=1S/C12H16FNO3S/c1-8-6-18(15,16)7-11(14-8)9-3-4-12(17-2)10(13)5-9/h3-5,8,11,14H,6-7H2,1-2H3. The van der Waals surface area contributed by atoms with E-state index in [1.807, 2.05) is 6.92 Å². The zero-order valence-corrected chi connectivity index (χ0v) is 11.1. The zero-order valence-electron chi connectivity index (χ0n) is 10.3. The van der Waals surface area contributed by atoms with Crippen LogP contribution in [-0.2, 0) is 9.84 Å². The number of halogens is 1. The zero-order chi connectivity index (χ0) is 13.3. The largest absolute Gasteiger partial charge is 0.494 e. The van der Waals surface area contributed by atoms with Gasteiger partial charge in [-0.3, -0.25) is 0 Å². The van der Waals surface area contributed by atoms with Gasteiger partial charge >= 0.3 is 0 Å². The van der Waals surface area contributed by atoms with E-state index < -0.39 is 15.7 Å². The van der Waals surface area contributed by atoms with Gasteiger partial charge in [-0.15, -0.1) is 0 Å². The summed E-state index contributed by atoms with van der Waals surface area (Å²) in [5.74, 6) is -0.191. The maximum atomic E-state index is 13.6. The third-order valence-electron chi connectivity index (χ3n) is 2.99. The van der Waals surface area contributed by atoms with E-state index in [9.17, 15) is 12.8 Å². The second-order valence-corrected chi connectivity index (χ2v) is 6.74. The van der Waals surface area contributed by atoms with E-state index in [1.54, 1.807) is 6.07 Å². The Labute approximate surface area is 106 Å². The molecule has 1 N–H and O–H groups in total. The minimum Gasteiger partial charge on any atom is -0.494 e. The van der Waals surface area contributed by atoms with Gasteiger partial charge in [0.05, 0.1) is 18.6 Å². The van der Waals surface area contributed by atoms with E-state index in [0.29, 0.717) is 5.56 Å². The molecule has 2 unspecified atom stereocenters. The van der Waals surface area contributed by atoms with Crippen molar-refractivity contribution in [3.8, 4) is 5.75 Å². The van der Waals surface area contributed by atoms with Crippen LogP contribution >= 0.6 is 0 Å². The summed E-state index contributed by atoms with van der Waals surface area (Å²) >= 11 is 0. The Balaban J connectivity index is 2.28. The molecule has 0 aromatic heterocycles. The smallest absolute Gasteiger partial charge is 0.165 e. The number of hydrogen-bond acceptors (Lipinski definition) is 4. The maximum absolute atomic E-state index is 13.6. The first kappa shape index (κ1) is 13.3. The summed E-state index contributed by atoms with van der Waals surface area (Å²) in [6.45, 7) is 1.81. The Morgan fingerprint density at radius 2 is 2.11 bits per heavy atom. The minimum atomic E-state index is -3.07. The van der Waals surface area contributed by atoms with E-state index in [1.165, 1.54) is 19.2 Å². The topological polar surface area (TPSA) is 55.4 Å². The van der Waals surface area contributed by atoms with Crippen molar-refractivity contribution in [3.63, 3.8) is 0 Å². The van der Waals surface area contributed by atoms with Crippen molar-refractivity contribution in [3.05, 3.63) is 29.6 Å². The first-order valence-corrected chi connectivity index (χ1v) is 7.53. The summed E-state index contributed by atoms with van der Waals surface area (Å²) in [6, 6.07) is 4.04. The molecule has 0 amide bonds. The number of nitrogens with one attached hydrogen (secondary N) is 1. The molecule has 2 rings (SSSR count). The van der Waals surface area contributed by atoms with Crippen molar-refractivity contribution < 1.29 is 17.5 Å². The molecule has 1 aliphatic heterocycles. The fraction of sp³-hybridized carbons (Fsp3) is 0.500. The molecule has 1 heterocycles. The fourth-order valence-corrected chi connectivity index (χ4v) is 4.03. The molecule has 6 heteroatoms. The van der Waals surface area contributed by atoms with Gasteiger partial charge in [-0.25, -0.2) is 12.8 Å². The minimum absolute atomic E-state index is 0.00308. The van der Waals surface area contributed by atoms with Crippen LogP contribution in [0.2, 0.25) is 0 Å². The van der Waals surface area contributed by atoms with Gasteiger partial charge in [0.15, 0.2) is 21.4 Å². The molecule has 0 saturated carbocycles. The van der Waals surface area contributed by atoms with Crippen LogP contribution in [0.15, 0.2) is 18.2 Å². The Hall–Kier alpha value is -1.14. The van der Waals surface area contributed by atoms with Crippen LogP contribution in [-0.4, -0.2) is 33.1 Å². The molecular formula is C12H16FNO3S. The third kappa shape index (κ3) is 2.81. The molecule has 0 radical (unpaired) electrons. The molecule has 0 spiro atoms. The highest BCUT2D eigenvalue weighted by molar-refractivity contribution is 7.91. The summed E-state index contributed by atoms with van der Waals surface area (Å²) in [5, 5.41) is 3.17. The predicted octanol–water partition coefficient (Wildman–Crippen LogP) is 1.28. The molecule has 0 aliphatic carbocycles. The van der Waals surface area contributed by atoms with Crippen LogP contribution in [0.25, 0.3) is 0 Å². The van der Waals surface area contributed by atoms with E-state index in [0.717, 1.165) is 0 Å². The molecule has 1 aromatic carbocycles. The summed E-state index contributed by atoms with van der Waals surface area (Å²) in [5.41, 5.74) is 0.628. The predicted molar refractivity (Wildman–Crippen MR) is 66.9 cm³/mol. The highest BCUT2D eigenvalue weighted by atomic mass is 32.2. The van der Waals surface area contributed by atoms with Crippen molar-refractivity contribution in [1.82, 2.24) is 5.32 Å². The maximum Gasteiger partial charge on any atom is 0.165 e. The average molecular weight is 273 g/mol. The van der Waals surface area contributed by atoms with Gasteiger partial charge in [0.1, 0.15) is 0 Å². The lowest BCUT2D eigenvalue weighted by Gasteiger charge is -2.29. The second-order valence-electron chi connectivity index (χ2n) is 4.59. The van der Waals surface area contributed by atoms with Gasteiger partial charge in [-0.1, -0.05) is 6.07 Å². The van der Waals surface area contributed by atoms with Crippen LogP contribution in [0.4, 0.5) is 4.39 Å². The normalized spacial score (nSPS) is 26.8. The highest BCUT2D eigenvalue weighted by Crippen LogP contribution is 2.25. The second kappa shape index (κ2) is 4.85. The quantitative estimate of drug-likeness (QED) is 0.882. The van der Waals surface area contributed by atoms with Gasteiger partial charge in [0, 0.05) is 12.1 Å². The van der Waals surface area contributed by atoms with Gasteiger partial charge in [-0.05, 0) is 24.6 Å². The van der Waals surface area contributed by atoms with E-state index >= 15 is 0 Å². The van der Waals surface area contributed by atoms with Crippen molar-refractivity contribution in [2.75, 3.05) is 18.6 Å². The number of ether oxygens (including phenoxy) is 1. The highest BCUT2D eigenvalue weighted by Gasteiger charge is 2.30. The van der Waals surface area contributed by atoms with Gasteiger partial charge < -0.3 is 10.1 Å². The lowest BCUT2D eigenvalue weighted by molar-refractivity contribution is 0.385. The van der Waals surface area contributed by atoms with Crippen LogP contribution in [0.1, 0.15) is 18.5 Å². The number of hydrogen-bond donors (Lipinski definition) is 1. The van der Waals surface area contributed by atoms with E-state index in [-0.39, 0.29) is 29.3 Å². The molecular weight excluding hydrogens is 257 g/mol.